The largest absolute Gasteiger partial charge is 1.00 e. The van der Waals surface area contributed by atoms with Gasteiger partial charge in [-0.25, -0.2) is 9.47 Å². The van der Waals surface area contributed by atoms with E-state index in [4.69, 9.17) is 0 Å². The van der Waals surface area contributed by atoms with Gasteiger partial charge >= 0.3 is 0 Å². The molecular weight excluding hydrogens is 425 g/mol. The van der Waals surface area contributed by atoms with Gasteiger partial charge in [0.25, 0.3) is 23.6 Å². The van der Waals surface area contributed by atoms with Crippen molar-refractivity contribution >= 4 is 29.3 Å². The summed E-state index contributed by atoms with van der Waals surface area (Å²) in [5, 5.41) is 0. The molecule has 8 heteroatoms. The van der Waals surface area contributed by atoms with Crippen LogP contribution in [0.4, 0.5) is 5.69 Å². The summed E-state index contributed by atoms with van der Waals surface area (Å²) in [7, 11) is 0. The Morgan fingerprint density at radius 1 is 0.875 bits per heavy atom. The van der Waals surface area contributed by atoms with Crippen LogP contribution in [0.2, 0.25) is 0 Å². The Morgan fingerprint density at radius 2 is 1.46 bits per heavy atom. The Labute approximate surface area is 155 Å². The summed E-state index contributed by atoms with van der Waals surface area (Å²) in [6.45, 7) is 0.875. The first kappa shape index (κ1) is 18.0. The Balaban J connectivity index is 0.00000208. The number of carbonyl (C=O) groups excluding carboxylic acids is 4. The van der Waals surface area contributed by atoms with Crippen molar-refractivity contribution in [3.05, 3.63) is 48.8 Å². The van der Waals surface area contributed by atoms with Crippen LogP contribution in [0.1, 0.15) is 6.42 Å². The summed E-state index contributed by atoms with van der Waals surface area (Å²) in [6.07, 6.45) is 9.05. The number of nitrogens with zero attached hydrogens (tertiary/aromatic N) is 3. The number of hydrogen-bond acceptors (Lipinski definition) is 4. The normalized spacial score (nSPS) is 16.3. The van der Waals surface area contributed by atoms with Gasteiger partial charge in [-0.1, -0.05) is 0 Å². The van der Waals surface area contributed by atoms with Crippen molar-refractivity contribution in [1.82, 2.24) is 4.90 Å². The molecule has 0 unspecified atom stereocenters. The molecule has 3 rings (SSSR count). The van der Waals surface area contributed by atoms with Crippen LogP contribution in [0.3, 0.4) is 0 Å². The predicted octanol–water partition coefficient (Wildman–Crippen LogP) is -3.28. The Bertz CT molecular complexity index is 736. The second kappa shape index (κ2) is 7.47. The highest BCUT2D eigenvalue weighted by atomic mass is 127. The van der Waals surface area contributed by atoms with Gasteiger partial charge in [-0.3, -0.25) is 24.1 Å². The number of amides is 4. The number of rotatable bonds is 5. The van der Waals surface area contributed by atoms with Crippen molar-refractivity contribution in [3.63, 3.8) is 0 Å². The molecule has 0 aromatic carbocycles. The van der Waals surface area contributed by atoms with Crippen LogP contribution in [0.25, 0.3) is 0 Å². The zero-order valence-corrected chi connectivity index (χ0v) is 14.8. The first-order valence-electron chi connectivity index (χ1n) is 7.15. The Kier molecular flexibility index (Phi) is 5.60. The third-order valence-electron chi connectivity index (χ3n) is 3.61. The predicted molar refractivity (Wildman–Crippen MR) is 78.7 cm³/mol. The van der Waals surface area contributed by atoms with Gasteiger partial charge in [0.1, 0.15) is 12.2 Å². The van der Waals surface area contributed by atoms with Crippen molar-refractivity contribution in [1.29, 1.82) is 0 Å². The lowest BCUT2D eigenvalue weighted by atomic mass is 10.3. The monoisotopic (exact) mass is 439 g/mol. The van der Waals surface area contributed by atoms with Crippen LogP contribution in [-0.4, -0.2) is 35.1 Å². The molecule has 2 aliphatic rings. The Hall–Kier alpha value is -2.36. The van der Waals surface area contributed by atoms with Gasteiger partial charge in [0.05, 0.1) is 0 Å². The van der Waals surface area contributed by atoms with Gasteiger partial charge in [0, 0.05) is 43.3 Å². The highest BCUT2D eigenvalue weighted by Gasteiger charge is 2.27. The smallest absolute Gasteiger partial charge is 0.258 e. The molecule has 0 radical (unpaired) electrons. The van der Waals surface area contributed by atoms with E-state index in [9.17, 15) is 19.2 Å². The number of anilines is 1. The van der Waals surface area contributed by atoms with Crippen molar-refractivity contribution < 1.29 is 47.7 Å². The third kappa shape index (κ3) is 3.58. The molecule has 4 amide bonds. The van der Waals surface area contributed by atoms with Crippen LogP contribution in [0, 0.1) is 0 Å². The molecule has 24 heavy (non-hydrogen) atoms. The van der Waals surface area contributed by atoms with E-state index in [0.717, 1.165) is 4.90 Å². The first-order chi connectivity index (χ1) is 11.1. The number of carbonyl (C=O) groups is 4. The summed E-state index contributed by atoms with van der Waals surface area (Å²) < 4.78 is 1.81. The molecule has 2 aliphatic heterocycles. The highest BCUT2D eigenvalue weighted by molar-refractivity contribution is 6.28. The number of imide groups is 2. The molecule has 1 aromatic heterocycles. The number of pyridine rings is 1. The summed E-state index contributed by atoms with van der Waals surface area (Å²) in [6, 6.07) is 3.42. The molecule has 0 spiro atoms. The van der Waals surface area contributed by atoms with E-state index in [0.29, 0.717) is 25.2 Å². The lowest BCUT2D eigenvalue weighted by Gasteiger charge is -2.13. The van der Waals surface area contributed by atoms with Crippen LogP contribution in [-0.2, 0) is 25.7 Å². The first-order valence-corrected chi connectivity index (χ1v) is 7.15. The summed E-state index contributed by atoms with van der Waals surface area (Å²) in [4.78, 5) is 48.5. The summed E-state index contributed by atoms with van der Waals surface area (Å²) >= 11 is 0. The molecule has 0 fully saturated rings. The minimum atomic E-state index is -0.368. The minimum Gasteiger partial charge on any atom is -1.00 e. The van der Waals surface area contributed by atoms with E-state index in [1.165, 1.54) is 29.2 Å². The second-order valence-corrected chi connectivity index (χ2v) is 5.16. The molecular formula is C16H14IN3O4. The maximum Gasteiger partial charge on any atom is 0.258 e. The molecule has 0 saturated heterocycles. The van der Waals surface area contributed by atoms with Crippen LogP contribution in [0.5, 0.6) is 0 Å². The third-order valence-corrected chi connectivity index (χ3v) is 3.61. The lowest BCUT2D eigenvalue weighted by Crippen LogP contribution is -3.00. The van der Waals surface area contributed by atoms with Crippen molar-refractivity contribution in [2.24, 2.45) is 0 Å². The standard InChI is InChI=1S/C16H14N3O4.HI/c20-13-4-5-14(21)18(13)10-2-9-17-8-1-3-12(11-17)19-15(22)6-7-16(19)23;/h1,3-8,11H,2,9-10H2;1H/q+1;/p-1. The van der Waals surface area contributed by atoms with Crippen molar-refractivity contribution in [2.75, 3.05) is 11.4 Å². The van der Waals surface area contributed by atoms with Gasteiger partial charge in [0.15, 0.2) is 12.4 Å². The molecule has 3 heterocycles. The molecule has 0 atom stereocenters. The van der Waals surface area contributed by atoms with Gasteiger partial charge < -0.3 is 24.0 Å². The quantitative estimate of drug-likeness (QED) is 0.274. The zero-order valence-electron chi connectivity index (χ0n) is 12.6. The number of aromatic nitrogens is 1. The maximum atomic E-state index is 11.7. The molecule has 7 nitrogen and oxygen atoms in total. The van der Waals surface area contributed by atoms with Gasteiger partial charge in [-0.15, -0.1) is 0 Å². The van der Waals surface area contributed by atoms with Crippen LogP contribution < -0.4 is 33.4 Å². The molecule has 124 valence electrons. The van der Waals surface area contributed by atoms with Gasteiger partial charge in [-0.2, -0.15) is 0 Å². The zero-order chi connectivity index (χ0) is 16.4. The minimum absolute atomic E-state index is 0. The lowest BCUT2D eigenvalue weighted by molar-refractivity contribution is -0.696. The maximum absolute atomic E-state index is 11.7. The molecule has 0 aliphatic carbocycles. The van der Waals surface area contributed by atoms with E-state index in [1.807, 2.05) is 4.57 Å². The molecule has 0 N–H and O–H groups in total. The fourth-order valence-corrected chi connectivity index (χ4v) is 2.50. The number of hydrogen-bond donors (Lipinski definition) is 0. The fraction of sp³-hybridized carbons (Fsp3) is 0.188. The summed E-state index contributed by atoms with van der Waals surface area (Å²) in [5.74, 6) is -1.33. The second-order valence-electron chi connectivity index (χ2n) is 5.16. The number of aryl methyl sites for hydroxylation is 1. The fourth-order valence-electron chi connectivity index (χ4n) is 2.50. The number of halogens is 1. The average molecular weight is 439 g/mol. The molecule has 0 saturated carbocycles. The van der Waals surface area contributed by atoms with E-state index in [-0.39, 0.29) is 47.6 Å². The molecule has 1 aromatic rings. The summed E-state index contributed by atoms with van der Waals surface area (Å²) in [5.41, 5.74) is 0.488. The Morgan fingerprint density at radius 3 is 2.08 bits per heavy atom. The van der Waals surface area contributed by atoms with Crippen molar-refractivity contribution in [2.45, 2.75) is 13.0 Å². The van der Waals surface area contributed by atoms with Gasteiger partial charge in [0.2, 0.25) is 0 Å². The van der Waals surface area contributed by atoms with E-state index >= 15 is 0 Å². The average Bonchev–Trinajstić information content (AvgIpc) is 3.03. The topological polar surface area (TPSA) is 78.6 Å². The highest BCUT2D eigenvalue weighted by Crippen LogP contribution is 2.16. The van der Waals surface area contributed by atoms with E-state index < -0.39 is 0 Å². The SMILES string of the molecule is O=C1C=CC(=O)N1CCC[n+]1cccc(N2C(=O)C=CC2=O)c1.[I-]. The van der Waals surface area contributed by atoms with E-state index in [2.05, 4.69) is 0 Å². The van der Waals surface area contributed by atoms with Crippen molar-refractivity contribution in [3.8, 4) is 0 Å². The van der Waals surface area contributed by atoms with Crippen LogP contribution >= 0.6 is 0 Å². The molecule has 0 bridgehead atoms. The van der Waals surface area contributed by atoms with Gasteiger partial charge in [-0.05, 0) is 6.07 Å². The van der Waals surface area contributed by atoms with Crippen LogP contribution in [0.15, 0.2) is 48.8 Å². The van der Waals surface area contributed by atoms with E-state index in [1.54, 1.807) is 24.5 Å².